The van der Waals surface area contributed by atoms with E-state index in [1.807, 2.05) is 66.7 Å². The van der Waals surface area contributed by atoms with Gasteiger partial charge in [0.1, 0.15) is 18.2 Å². The van der Waals surface area contributed by atoms with Gasteiger partial charge in [0, 0.05) is 35.0 Å². The van der Waals surface area contributed by atoms with Crippen LogP contribution in [0.15, 0.2) is 132 Å². The minimum absolute atomic E-state index is 0.226. The lowest BCUT2D eigenvalue weighted by Gasteiger charge is -2.35. The lowest BCUT2D eigenvalue weighted by molar-refractivity contribution is -0.141. The van der Waals surface area contributed by atoms with Crippen molar-refractivity contribution in [2.45, 2.75) is 41.8 Å². The zero-order chi connectivity index (χ0) is 40.4. The van der Waals surface area contributed by atoms with Gasteiger partial charge in [-0.05, 0) is 42.3 Å². The first-order valence-corrected chi connectivity index (χ1v) is 20.9. The number of fused-ring (bicyclic) bond motifs is 2. The average molecular weight is 852 g/mol. The Balaban J connectivity index is 0.000000180. The van der Waals surface area contributed by atoms with Crippen LogP contribution in [-0.4, -0.2) is 51.1 Å². The number of nitrogens with one attached hydrogen (secondary N) is 1. The molecule has 8 rings (SSSR count). The molecule has 0 fully saturated rings. The fourth-order valence-electron chi connectivity index (χ4n) is 6.01. The summed E-state index contributed by atoms with van der Waals surface area (Å²) in [5.74, 6) is 1.93. The largest absolute Gasteiger partial charge is 0.465 e. The van der Waals surface area contributed by atoms with Crippen molar-refractivity contribution < 1.29 is 19.1 Å². The van der Waals surface area contributed by atoms with Gasteiger partial charge in [-0.3, -0.25) is 24.8 Å². The van der Waals surface area contributed by atoms with E-state index in [4.69, 9.17) is 27.9 Å². The van der Waals surface area contributed by atoms with E-state index in [0.29, 0.717) is 55.7 Å². The molecule has 4 heterocycles. The maximum atomic E-state index is 13.4. The highest BCUT2D eigenvalue weighted by Crippen LogP contribution is 2.36. The summed E-state index contributed by atoms with van der Waals surface area (Å²) in [5, 5.41) is 4.98. The standard InChI is InChI=1S/C23H21ClN4O3S.C19H15ClN4OS/c1-2-31-20(29)14-28-21-17(13-27(23(28)30)19-11-7-6-10-18(19)24)12-25-22(26-21)32-15-16-8-4-3-5-9-16;20-15-8-4-5-9-16(15)24-11-14-10-21-18(22-17(14)23-19(24)25)26-12-13-6-2-1-3-7-13/h3-12H,2,13-15H2,1H3;1-10H,11-12H2,(H,21,22,23,25). The van der Waals surface area contributed by atoms with E-state index in [0.717, 1.165) is 22.4 Å². The Labute approximate surface area is 354 Å². The van der Waals surface area contributed by atoms with Gasteiger partial charge >= 0.3 is 18.0 Å². The molecule has 294 valence electrons. The molecule has 12 nitrogen and oxygen atoms in total. The van der Waals surface area contributed by atoms with Crippen molar-refractivity contribution in [1.82, 2.24) is 19.9 Å². The quantitative estimate of drug-likeness (QED) is 0.0763. The van der Waals surface area contributed by atoms with Crippen LogP contribution in [0.5, 0.6) is 0 Å². The van der Waals surface area contributed by atoms with Crippen LogP contribution in [0, 0.1) is 0 Å². The second kappa shape index (κ2) is 19.2. The molecule has 0 spiro atoms. The highest BCUT2D eigenvalue weighted by Gasteiger charge is 2.35. The topological polar surface area (TPSA) is 134 Å². The smallest absolute Gasteiger partial charge is 0.331 e. The fourth-order valence-corrected chi connectivity index (χ4v) is 8.03. The molecule has 0 aliphatic carbocycles. The molecule has 0 saturated heterocycles. The first-order chi connectivity index (χ1) is 28.3. The Hall–Kier alpha value is -5.67. The van der Waals surface area contributed by atoms with Gasteiger partial charge in [0.25, 0.3) is 0 Å². The Morgan fingerprint density at radius 2 is 1.22 bits per heavy atom. The van der Waals surface area contributed by atoms with E-state index in [1.165, 1.54) is 38.9 Å². The van der Waals surface area contributed by atoms with Crippen LogP contribution in [0.3, 0.4) is 0 Å². The molecule has 0 unspecified atom stereocenters. The molecule has 0 saturated carbocycles. The number of ether oxygens (including phenoxy) is 1. The van der Waals surface area contributed by atoms with Crippen LogP contribution < -0.4 is 20.0 Å². The molecule has 0 bridgehead atoms. The van der Waals surface area contributed by atoms with Crippen LogP contribution in [0.25, 0.3) is 0 Å². The van der Waals surface area contributed by atoms with E-state index in [2.05, 4.69) is 37.4 Å². The molecule has 0 atom stereocenters. The van der Waals surface area contributed by atoms with E-state index >= 15 is 0 Å². The predicted molar refractivity (Wildman–Crippen MR) is 230 cm³/mol. The number of carbonyl (C=O) groups is 3. The summed E-state index contributed by atoms with van der Waals surface area (Å²) >= 11 is 15.6. The number of thioether (sulfide) groups is 2. The number of amides is 4. The number of carbonyl (C=O) groups excluding carboxylic acids is 3. The zero-order valence-corrected chi connectivity index (χ0v) is 34.3. The van der Waals surface area contributed by atoms with E-state index in [1.54, 1.807) is 54.5 Å². The molecule has 1 N–H and O–H groups in total. The maximum Gasteiger partial charge on any atom is 0.331 e. The van der Waals surface area contributed by atoms with Gasteiger partial charge < -0.3 is 4.74 Å². The number of urea groups is 2. The van der Waals surface area contributed by atoms with Crippen molar-refractivity contribution in [3.05, 3.63) is 154 Å². The van der Waals surface area contributed by atoms with Gasteiger partial charge in [0.15, 0.2) is 10.3 Å². The minimum Gasteiger partial charge on any atom is -0.465 e. The van der Waals surface area contributed by atoms with Crippen LogP contribution >= 0.6 is 46.7 Å². The molecule has 16 heteroatoms. The van der Waals surface area contributed by atoms with Gasteiger partial charge in [-0.15, -0.1) is 0 Å². The molecule has 0 radical (unpaired) electrons. The van der Waals surface area contributed by atoms with Crippen LogP contribution in [0.2, 0.25) is 10.0 Å². The number of hydrogen-bond donors (Lipinski definition) is 1. The third kappa shape index (κ3) is 9.88. The summed E-state index contributed by atoms with van der Waals surface area (Å²) in [5.41, 5.74) is 5.14. The number of anilines is 4. The molecule has 2 aromatic heterocycles. The van der Waals surface area contributed by atoms with Gasteiger partial charge in [-0.1, -0.05) is 132 Å². The number of rotatable bonds is 11. The minimum atomic E-state index is -0.509. The Kier molecular flexibility index (Phi) is 13.4. The van der Waals surface area contributed by atoms with Gasteiger partial charge in [-0.2, -0.15) is 0 Å². The van der Waals surface area contributed by atoms with Crippen molar-refractivity contribution in [3.8, 4) is 0 Å². The van der Waals surface area contributed by atoms with Gasteiger partial charge in [0.2, 0.25) is 0 Å². The predicted octanol–water partition coefficient (Wildman–Crippen LogP) is 9.91. The summed E-state index contributed by atoms with van der Waals surface area (Å²) in [6, 6.07) is 33.8. The molecule has 6 aromatic rings. The average Bonchev–Trinajstić information content (AvgIpc) is 3.24. The van der Waals surface area contributed by atoms with Crippen LogP contribution in [0.1, 0.15) is 29.2 Å². The van der Waals surface area contributed by atoms with E-state index < -0.39 is 12.0 Å². The van der Waals surface area contributed by atoms with Crippen molar-refractivity contribution in [2.75, 3.05) is 33.2 Å². The number of hydrogen-bond acceptors (Lipinski definition) is 10. The molecule has 4 amide bonds. The molecular formula is C42H36Cl2N8O4S2. The van der Waals surface area contributed by atoms with Crippen molar-refractivity contribution in [1.29, 1.82) is 0 Å². The zero-order valence-electron chi connectivity index (χ0n) is 31.1. The number of para-hydroxylation sites is 2. The van der Waals surface area contributed by atoms with Gasteiger partial charge in [0.05, 0.1) is 41.1 Å². The Bertz CT molecular complexity index is 2420. The number of nitrogens with zero attached hydrogens (tertiary/aromatic N) is 7. The van der Waals surface area contributed by atoms with Gasteiger partial charge in [-0.25, -0.2) is 29.5 Å². The molecule has 2 aliphatic rings. The number of aromatic nitrogens is 4. The number of esters is 1. The summed E-state index contributed by atoms with van der Waals surface area (Å²) < 4.78 is 5.08. The van der Waals surface area contributed by atoms with Crippen molar-refractivity contribution in [2.24, 2.45) is 0 Å². The summed E-state index contributed by atoms with van der Waals surface area (Å²) in [4.78, 5) is 60.6. The summed E-state index contributed by atoms with van der Waals surface area (Å²) in [6.45, 7) is 2.33. The molecule has 2 aliphatic heterocycles. The van der Waals surface area contributed by atoms with Crippen LogP contribution in [-0.2, 0) is 34.1 Å². The third-order valence-corrected chi connectivity index (χ3v) is 11.3. The molecule has 58 heavy (non-hydrogen) atoms. The second-order valence-corrected chi connectivity index (χ2v) is 15.5. The fraction of sp³-hybridized carbons (Fsp3) is 0.167. The Morgan fingerprint density at radius 1 is 0.707 bits per heavy atom. The second-order valence-electron chi connectivity index (χ2n) is 12.8. The monoisotopic (exact) mass is 850 g/mol. The SMILES string of the molecule is CCOC(=O)CN1C(=O)N(c2ccccc2Cl)Cc2cnc(SCc3ccccc3)nc21.O=C1Nc2nc(SCc3ccccc3)ncc2CN1c1ccccc1Cl. The highest BCUT2D eigenvalue weighted by molar-refractivity contribution is 7.98. The van der Waals surface area contributed by atoms with Crippen molar-refractivity contribution >= 4 is 87.8 Å². The van der Waals surface area contributed by atoms with E-state index in [9.17, 15) is 14.4 Å². The highest BCUT2D eigenvalue weighted by atomic mass is 35.5. The van der Waals surface area contributed by atoms with Crippen molar-refractivity contribution in [3.63, 3.8) is 0 Å². The Morgan fingerprint density at radius 3 is 1.81 bits per heavy atom. The van der Waals surface area contributed by atoms with E-state index in [-0.39, 0.29) is 25.7 Å². The lowest BCUT2D eigenvalue weighted by atomic mass is 10.2. The summed E-state index contributed by atoms with van der Waals surface area (Å²) in [7, 11) is 0. The number of benzene rings is 4. The molecular weight excluding hydrogens is 816 g/mol. The normalized spacial score (nSPS) is 13.2. The first kappa shape index (κ1) is 40.5. The van der Waals surface area contributed by atoms with Crippen LogP contribution in [0.4, 0.5) is 32.6 Å². The third-order valence-electron chi connectivity index (χ3n) is 8.81. The lowest BCUT2D eigenvalue weighted by Crippen LogP contribution is -2.50. The summed E-state index contributed by atoms with van der Waals surface area (Å²) in [6.07, 6.45) is 3.46. The molecule has 4 aromatic carbocycles. The number of halogens is 2. The maximum absolute atomic E-state index is 13.4. The first-order valence-electron chi connectivity index (χ1n) is 18.1.